The molecule has 1 aliphatic rings. The summed E-state index contributed by atoms with van der Waals surface area (Å²) in [5.41, 5.74) is 4.69. The number of nitrogens with zero attached hydrogens (tertiary/aromatic N) is 1. The van der Waals surface area contributed by atoms with Crippen LogP contribution in [0.5, 0.6) is 0 Å². The Morgan fingerprint density at radius 2 is 1.90 bits per heavy atom. The summed E-state index contributed by atoms with van der Waals surface area (Å²) in [5, 5.41) is 5.54. The monoisotopic (exact) mass is 282 g/mol. The van der Waals surface area contributed by atoms with Crippen LogP contribution < -0.4 is 15.9 Å². The second kappa shape index (κ2) is 4.98. The maximum Gasteiger partial charge on any atom is 0.0780 e. The summed E-state index contributed by atoms with van der Waals surface area (Å²) in [7, 11) is 0. The maximum atomic E-state index is 4.80. The summed E-state index contributed by atoms with van der Waals surface area (Å²) in [6.45, 7) is 11.3. The van der Waals surface area contributed by atoms with Crippen molar-refractivity contribution >= 4 is 29.7 Å². The fourth-order valence-electron chi connectivity index (χ4n) is 2.36. The van der Waals surface area contributed by atoms with Crippen molar-refractivity contribution in [3.05, 3.63) is 46.0 Å². The second-order valence-corrected chi connectivity index (χ2v) is 6.21. The van der Waals surface area contributed by atoms with E-state index in [0.717, 1.165) is 22.8 Å². The average molecular weight is 282 g/mol. The van der Waals surface area contributed by atoms with Gasteiger partial charge in [0.05, 0.1) is 11.0 Å². The van der Waals surface area contributed by atoms with Crippen LogP contribution in [0.15, 0.2) is 39.0 Å². The number of aryl methyl sites for hydroxylation is 2. The minimum absolute atomic E-state index is 0.931. The van der Waals surface area contributed by atoms with Gasteiger partial charge in [-0.3, -0.25) is 0 Å². The van der Waals surface area contributed by atoms with E-state index in [4.69, 9.17) is 4.99 Å². The van der Waals surface area contributed by atoms with Gasteiger partial charge in [-0.1, -0.05) is 18.3 Å². The van der Waals surface area contributed by atoms with Crippen molar-refractivity contribution in [3.63, 3.8) is 0 Å². The van der Waals surface area contributed by atoms with Crippen molar-refractivity contribution in [3.8, 4) is 0 Å². The predicted molar refractivity (Wildman–Crippen MR) is 86.6 cm³/mol. The largest absolute Gasteiger partial charge is 0.385 e. The fourth-order valence-corrected chi connectivity index (χ4v) is 3.39. The highest BCUT2D eigenvalue weighted by atomic mass is 32.2. The van der Waals surface area contributed by atoms with Gasteiger partial charge in [0.2, 0.25) is 0 Å². The molecule has 20 heavy (non-hydrogen) atoms. The van der Waals surface area contributed by atoms with Crippen molar-refractivity contribution in [1.82, 2.24) is 0 Å². The summed E-state index contributed by atoms with van der Waals surface area (Å²) in [4.78, 5) is 7.20. The van der Waals surface area contributed by atoms with Crippen LogP contribution in [-0.4, -0.2) is 6.54 Å². The number of nitrogens with one attached hydrogen (secondary N) is 1. The summed E-state index contributed by atoms with van der Waals surface area (Å²) in [6, 6.07) is 8.63. The van der Waals surface area contributed by atoms with Crippen LogP contribution in [0.1, 0.15) is 18.1 Å². The zero-order chi connectivity index (χ0) is 14.3. The molecule has 3 heteroatoms. The normalized spacial score (nSPS) is 12.3. The van der Waals surface area contributed by atoms with Crippen LogP contribution in [-0.2, 0) is 0 Å². The second-order valence-electron chi connectivity index (χ2n) is 5.13. The van der Waals surface area contributed by atoms with Crippen molar-refractivity contribution < 1.29 is 0 Å². The van der Waals surface area contributed by atoms with Gasteiger partial charge in [0, 0.05) is 22.0 Å². The lowest BCUT2D eigenvalue weighted by Crippen LogP contribution is -2.16. The molecule has 0 atom stereocenters. The van der Waals surface area contributed by atoms with Gasteiger partial charge in [-0.05, 0) is 61.4 Å². The van der Waals surface area contributed by atoms with E-state index in [9.17, 15) is 0 Å². The van der Waals surface area contributed by atoms with E-state index < -0.39 is 0 Å². The molecule has 0 saturated heterocycles. The highest BCUT2D eigenvalue weighted by Gasteiger charge is 2.14. The molecule has 0 aliphatic carbocycles. The Morgan fingerprint density at radius 3 is 2.65 bits per heavy atom. The lowest BCUT2D eigenvalue weighted by Gasteiger charge is -2.16. The van der Waals surface area contributed by atoms with Crippen molar-refractivity contribution in [2.24, 2.45) is 4.99 Å². The number of hydrogen-bond acceptors (Lipinski definition) is 3. The molecular weight excluding hydrogens is 264 g/mol. The molecule has 0 bridgehead atoms. The van der Waals surface area contributed by atoms with Crippen molar-refractivity contribution in [2.75, 3.05) is 11.9 Å². The highest BCUT2D eigenvalue weighted by molar-refractivity contribution is 7.99. The van der Waals surface area contributed by atoms with Crippen LogP contribution in [0.25, 0.3) is 6.58 Å². The molecule has 2 nitrogen and oxygen atoms in total. The zero-order valence-electron chi connectivity index (χ0n) is 12.1. The van der Waals surface area contributed by atoms with Crippen LogP contribution in [0.4, 0.5) is 11.4 Å². The van der Waals surface area contributed by atoms with Crippen molar-refractivity contribution in [1.29, 1.82) is 0 Å². The summed E-state index contributed by atoms with van der Waals surface area (Å²) < 4.78 is 0. The van der Waals surface area contributed by atoms with E-state index in [1.807, 2.05) is 0 Å². The van der Waals surface area contributed by atoms with Gasteiger partial charge in [-0.2, -0.15) is 0 Å². The van der Waals surface area contributed by atoms with Gasteiger partial charge in [0.15, 0.2) is 0 Å². The summed E-state index contributed by atoms with van der Waals surface area (Å²) in [5.74, 6) is 0. The number of rotatable bonds is 2. The molecule has 0 fully saturated rings. The summed E-state index contributed by atoms with van der Waals surface area (Å²) in [6.07, 6.45) is 0. The Bertz CT molecular complexity index is 794. The Hall–Kier alpha value is -1.74. The highest BCUT2D eigenvalue weighted by Crippen LogP contribution is 2.39. The minimum Gasteiger partial charge on any atom is -0.385 e. The molecule has 0 amide bonds. The van der Waals surface area contributed by atoms with E-state index in [1.165, 1.54) is 26.6 Å². The topological polar surface area (TPSA) is 24.4 Å². The molecule has 0 unspecified atom stereocenters. The van der Waals surface area contributed by atoms with E-state index in [1.54, 1.807) is 11.8 Å². The first kappa shape index (κ1) is 13.3. The first-order valence-corrected chi connectivity index (χ1v) is 7.65. The standard InChI is InChI=1S/C17H18N2S/c1-5-18-13-9-17-15(7-12(13)4)19-14-6-10(2)11(3)8-16(14)20-17/h6-9,18H,3,5H2,1-2,4H3. The number of fused-ring (bicyclic) bond motifs is 2. The Kier molecular flexibility index (Phi) is 3.30. The van der Waals surface area contributed by atoms with Gasteiger partial charge in [0.25, 0.3) is 0 Å². The molecular formula is C17H18N2S. The third kappa shape index (κ3) is 2.22. The molecule has 2 aromatic rings. The lowest BCUT2D eigenvalue weighted by atomic mass is 10.1. The third-order valence-corrected chi connectivity index (χ3v) is 4.65. The van der Waals surface area contributed by atoms with Crippen LogP contribution >= 0.6 is 11.8 Å². The molecule has 0 saturated carbocycles. The molecule has 1 heterocycles. The molecule has 0 spiro atoms. The van der Waals surface area contributed by atoms with Gasteiger partial charge in [-0.15, -0.1) is 0 Å². The van der Waals surface area contributed by atoms with Gasteiger partial charge in [0.1, 0.15) is 0 Å². The van der Waals surface area contributed by atoms with Gasteiger partial charge in [-0.25, -0.2) is 4.99 Å². The molecule has 2 aromatic carbocycles. The smallest absolute Gasteiger partial charge is 0.0780 e. The van der Waals surface area contributed by atoms with E-state index in [2.05, 4.69) is 56.9 Å². The third-order valence-electron chi connectivity index (χ3n) is 3.55. The number of anilines is 1. The number of benzene rings is 2. The lowest BCUT2D eigenvalue weighted by molar-refractivity contribution is 1.13. The Labute approximate surface area is 123 Å². The number of hydrogen-bond donors (Lipinski definition) is 1. The maximum absolute atomic E-state index is 4.80. The molecule has 3 rings (SSSR count). The Balaban J connectivity index is 2.18. The zero-order valence-corrected chi connectivity index (χ0v) is 12.9. The van der Waals surface area contributed by atoms with E-state index >= 15 is 0 Å². The van der Waals surface area contributed by atoms with Gasteiger partial charge >= 0.3 is 0 Å². The van der Waals surface area contributed by atoms with Crippen LogP contribution in [0.2, 0.25) is 0 Å². The van der Waals surface area contributed by atoms with Gasteiger partial charge < -0.3 is 5.32 Å². The average Bonchev–Trinajstić information content (AvgIpc) is 2.40. The predicted octanol–water partition coefficient (Wildman–Crippen LogP) is 3.56. The van der Waals surface area contributed by atoms with Crippen LogP contribution in [0.3, 0.4) is 0 Å². The molecule has 102 valence electrons. The van der Waals surface area contributed by atoms with E-state index in [0.29, 0.717) is 0 Å². The molecule has 1 aliphatic heterocycles. The summed E-state index contributed by atoms with van der Waals surface area (Å²) >= 11 is 1.78. The fraction of sp³-hybridized carbons (Fsp3) is 0.235. The molecule has 0 aromatic heterocycles. The van der Waals surface area contributed by atoms with E-state index in [-0.39, 0.29) is 0 Å². The van der Waals surface area contributed by atoms with Crippen molar-refractivity contribution in [2.45, 2.75) is 30.6 Å². The molecule has 0 radical (unpaired) electrons. The first-order chi connectivity index (χ1) is 9.58. The quantitative estimate of drug-likeness (QED) is 0.777. The first-order valence-electron chi connectivity index (χ1n) is 6.83. The molecule has 1 N–H and O–H groups in total. The van der Waals surface area contributed by atoms with Crippen LogP contribution in [0, 0.1) is 13.8 Å². The SMILES string of the molecule is C=c1cc2c(cc1C)=Nc1cc(C)c(NCC)cc1S2. The Morgan fingerprint density at radius 1 is 1.10 bits per heavy atom. The minimum atomic E-state index is 0.931.